The molecule has 0 aliphatic heterocycles. The summed E-state index contributed by atoms with van der Waals surface area (Å²) >= 11 is 0. The molecule has 0 fully saturated rings. The van der Waals surface area contributed by atoms with Gasteiger partial charge in [-0.25, -0.2) is 0 Å². The lowest BCUT2D eigenvalue weighted by molar-refractivity contribution is -0.137. The third kappa shape index (κ3) is 2.66. The van der Waals surface area contributed by atoms with E-state index in [0.29, 0.717) is 5.69 Å². The molecular weight excluding hydrogens is 168 g/mol. The maximum absolute atomic E-state index is 10.5. The zero-order chi connectivity index (χ0) is 9.84. The molecule has 70 valence electrons. The number of carboxylic acid groups (broad SMARTS) is 1. The van der Waals surface area contributed by atoms with E-state index < -0.39 is 12.0 Å². The van der Waals surface area contributed by atoms with Crippen LogP contribution >= 0.6 is 0 Å². The van der Waals surface area contributed by atoms with Crippen molar-refractivity contribution in [3.05, 3.63) is 24.3 Å². The van der Waals surface area contributed by atoms with Gasteiger partial charge in [0.15, 0.2) is 0 Å². The Morgan fingerprint density at radius 3 is 2.85 bits per heavy atom. The van der Waals surface area contributed by atoms with E-state index in [1.807, 2.05) is 0 Å². The van der Waals surface area contributed by atoms with Crippen LogP contribution in [0.2, 0.25) is 0 Å². The van der Waals surface area contributed by atoms with Crippen LogP contribution in [0, 0.1) is 0 Å². The third-order valence-corrected chi connectivity index (χ3v) is 1.64. The SMILES string of the molecule is CC(Nc1cccc(N)c1)C(=O)O. The summed E-state index contributed by atoms with van der Waals surface area (Å²) in [5.41, 5.74) is 6.85. The van der Waals surface area contributed by atoms with E-state index in [4.69, 9.17) is 10.8 Å². The van der Waals surface area contributed by atoms with Gasteiger partial charge < -0.3 is 16.2 Å². The summed E-state index contributed by atoms with van der Waals surface area (Å²) < 4.78 is 0. The van der Waals surface area contributed by atoms with E-state index >= 15 is 0 Å². The van der Waals surface area contributed by atoms with Crippen molar-refractivity contribution >= 4 is 17.3 Å². The monoisotopic (exact) mass is 180 g/mol. The number of nitrogens with one attached hydrogen (secondary N) is 1. The van der Waals surface area contributed by atoms with Crippen molar-refractivity contribution < 1.29 is 9.90 Å². The molecule has 1 aromatic carbocycles. The smallest absolute Gasteiger partial charge is 0.325 e. The van der Waals surface area contributed by atoms with E-state index in [2.05, 4.69) is 5.32 Å². The van der Waals surface area contributed by atoms with Crippen LogP contribution in [0.5, 0.6) is 0 Å². The Labute approximate surface area is 76.4 Å². The van der Waals surface area contributed by atoms with Gasteiger partial charge in [-0.05, 0) is 25.1 Å². The van der Waals surface area contributed by atoms with E-state index in [1.54, 1.807) is 31.2 Å². The molecule has 0 radical (unpaired) electrons. The van der Waals surface area contributed by atoms with E-state index in [1.165, 1.54) is 0 Å². The number of nitrogen functional groups attached to an aromatic ring is 1. The van der Waals surface area contributed by atoms with Gasteiger partial charge in [0.05, 0.1) is 0 Å². The predicted molar refractivity (Wildman–Crippen MR) is 51.6 cm³/mol. The molecule has 0 spiro atoms. The first-order valence-corrected chi connectivity index (χ1v) is 3.94. The molecule has 0 heterocycles. The Balaban J connectivity index is 2.69. The normalized spacial score (nSPS) is 12.1. The Bertz CT molecular complexity index is 312. The Hall–Kier alpha value is -1.71. The lowest BCUT2D eigenvalue weighted by atomic mass is 10.2. The third-order valence-electron chi connectivity index (χ3n) is 1.64. The summed E-state index contributed by atoms with van der Waals surface area (Å²) in [5.74, 6) is -0.887. The molecule has 0 amide bonds. The van der Waals surface area contributed by atoms with Crippen LogP contribution in [0.1, 0.15) is 6.92 Å². The van der Waals surface area contributed by atoms with Crippen LogP contribution in [-0.2, 0) is 4.79 Å². The minimum atomic E-state index is -0.887. The van der Waals surface area contributed by atoms with Crippen molar-refractivity contribution in [2.24, 2.45) is 0 Å². The maximum atomic E-state index is 10.5. The van der Waals surface area contributed by atoms with E-state index in [9.17, 15) is 4.79 Å². The molecule has 1 aromatic rings. The molecule has 0 aromatic heterocycles. The van der Waals surface area contributed by atoms with Gasteiger partial charge in [-0.15, -0.1) is 0 Å². The Morgan fingerprint density at radius 1 is 1.62 bits per heavy atom. The van der Waals surface area contributed by atoms with Crippen LogP contribution < -0.4 is 11.1 Å². The molecule has 1 atom stereocenters. The van der Waals surface area contributed by atoms with Gasteiger partial charge >= 0.3 is 5.97 Å². The molecule has 13 heavy (non-hydrogen) atoms. The number of carbonyl (C=O) groups is 1. The molecule has 0 aliphatic rings. The average Bonchev–Trinajstić information content (AvgIpc) is 2.04. The van der Waals surface area contributed by atoms with Gasteiger partial charge in [0.2, 0.25) is 0 Å². The van der Waals surface area contributed by atoms with Crippen molar-refractivity contribution in [3.63, 3.8) is 0 Å². The Kier molecular flexibility index (Phi) is 2.74. The van der Waals surface area contributed by atoms with E-state index in [-0.39, 0.29) is 0 Å². The standard InChI is InChI=1S/C9H12N2O2/c1-6(9(12)13)11-8-4-2-3-7(10)5-8/h2-6,11H,10H2,1H3,(H,12,13). The number of carboxylic acids is 1. The number of nitrogens with two attached hydrogens (primary N) is 1. The molecule has 1 unspecified atom stereocenters. The van der Waals surface area contributed by atoms with Crippen molar-refractivity contribution in [2.45, 2.75) is 13.0 Å². The number of aliphatic carboxylic acids is 1. The number of benzene rings is 1. The fourth-order valence-electron chi connectivity index (χ4n) is 0.940. The molecule has 0 bridgehead atoms. The largest absolute Gasteiger partial charge is 0.480 e. The van der Waals surface area contributed by atoms with Gasteiger partial charge in [0, 0.05) is 11.4 Å². The maximum Gasteiger partial charge on any atom is 0.325 e. The van der Waals surface area contributed by atoms with Crippen LogP contribution in [0.15, 0.2) is 24.3 Å². The van der Waals surface area contributed by atoms with Crippen LogP contribution in [0.25, 0.3) is 0 Å². The summed E-state index contributed by atoms with van der Waals surface area (Å²) in [4.78, 5) is 10.5. The summed E-state index contributed by atoms with van der Waals surface area (Å²) in [5, 5.41) is 11.4. The second-order valence-electron chi connectivity index (χ2n) is 2.83. The first kappa shape index (κ1) is 9.38. The lowest BCUT2D eigenvalue weighted by Gasteiger charge is -2.10. The summed E-state index contributed by atoms with van der Waals surface area (Å²) in [6.07, 6.45) is 0. The van der Waals surface area contributed by atoms with Gasteiger partial charge in [-0.1, -0.05) is 6.07 Å². The van der Waals surface area contributed by atoms with Crippen molar-refractivity contribution in [2.75, 3.05) is 11.1 Å². The van der Waals surface area contributed by atoms with Crippen molar-refractivity contribution in [1.82, 2.24) is 0 Å². The minimum absolute atomic E-state index is 0.609. The van der Waals surface area contributed by atoms with Crippen molar-refractivity contribution in [1.29, 1.82) is 0 Å². The topological polar surface area (TPSA) is 75.3 Å². The highest BCUT2D eigenvalue weighted by molar-refractivity contribution is 5.77. The van der Waals surface area contributed by atoms with Crippen LogP contribution in [0.3, 0.4) is 0 Å². The molecular formula is C9H12N2O2. The molecule has 0 saturated carbocycles. The number of hydrogen-bond donors (Lipinski definition) is 3. The zero-order valence-corrected chi connectivity index (χ0v) is 7.32. The second-order valence-corrected chi connectivity index (χ2v) is 2.83. The fourth-order valence-corrected chi connectivity index (χ4v) is 0.940. The average molecular weight is 180 g/mol. The highest BCUT2D eigenvalue weighted by Crippen LogP contribution is 2.12. The summed E-state index contributed by atoms with van der Waals surface area (Å²) in [7, 11) is 0. The van der Waals surface area contributed by atoms with Gasteiger partial charge in [0.25, 0.3) is 0 Å². The molecule has 0 saturated heterocycles. The predicted octanol–water partition coefficient (Wildman–Crippen LogP) is 1.15. The molecule has 0 aliphatic carbocycles. The zero-order valence-electron chi connectivity index (χ0n) is 7.32. The molecule has 1 rings (SSSR count). The minimum Gasteiger partial charge on any atom is -0.480 e. The summed E-state index contributed by atoms with van der Waals surface area (Å²) in [6.45, 7) is 1.57. The highest BCUT2D eigenvalue weighted by Gasteiger charge is 2.09. The number of hydrogen-bond acceptors (Lipinski definition) is 3. The van der Waals surface area contributed by atoms with Gasteiger partial charge in [0.1, 0.15) is 6.04 Å². The van der Waals surface area contributed by atoms with Crippen LogP contribution in [0.4, 0.5) is 11.4 Å². The highest BCUT2D eigenvalue weighted by atomic mass is 16.4. The second kappa shape index (κ2) is 3.80. The quantitative estimate of drug-likeness (QED) is 0.610. The summed E-state index contributed by atoms with van der Waals surface area (Å²) in [6, 6.07) is 6.37. The number of rotatable bonds is 3. The lowest BCUT2D eigenvalue weighted by Crippen LogP contribution is -2.25. The molecule has 4 heteroatoms. The van der Waals surface area contributed by atoms with Crippen LogP contribution in [-0.4, -0.2) is 17.1 Å². The first-order valence-electron chi connectivity index (χ1n) is 3.94. The first-order chi connectivity index (χ1) is 6.09. The van der Waals surface area contributed by atoms with E-state index in [0.717, 1.165) is 5.69 Å². The fraction of sp³-hybridized carbons (Fsp3) is 0.222. The molecule has 4 nitrogen and oxygen atoms in total. The van der Waals surface area contributed by atoms with Gasteiger partial charge in [-0.2, -0.15) is 0 Å². The molecule has 4 N–H and O–H groups in total. The Morgan fingerprint density at radius 2 is 2.31 bits per heavy atom. The van der Waals surface area contributed by atoms with Crippen molar-refractivity contribution in [3.8, 4) is 0 Å². The van der Waals surface area contributed by atoms with Gasteiger partial charge in [-0.3, -0.25) is 4.79 Å². The number of anilines is 2.